The smallest absolute Gasteiger partial charge is 0.332 e. The van der Waals surface area contributed by atoms with Gasteiger partial charge in [0.05, 0.1) is 31.0 Å². The summed E-state index contributed by atoms with van der Waals surface area (Å²) in [6.45, 7) is 2.74. The molecule has 1 saturated carbocycles. The van der Waals surface area contributed by atoms with Gasteiger partial charge in [-0.15, -0.1) is 0 Å². The highest BCUT2D eigenvalue weighted by Crippen LogP contribution is 2.37. The molecule has 1 aliphatic carbocycles. The van der Waals surface area contributed by atoms with Gasteiger partial charge in [0.15, 0.2) is 0 Å². The third kappa shape index (κ3) is 3.68. The molecule has 0 aromatic heterocycles. The molecule has 2 aliphatic heterocycles. The van der Waals surface area contributed by atoms with Crippen LogP contribution in [0.25, 0.3) is 0 Å². The average Bonchev–Trinajstić information content (AvgIpc) is 3.14. The second-order valence-corrected chi connectivity index (χ2v) is 5.78. The summed E-state index contributed by atoms with van der Waals surface area (Å²) in [5, 5.41) is 0. The molecule has 5 heteroatoms. The topological polar surface area (TPSA) is 57.3 Å². The van der Waals surface area contributed by atoms with Crippen molar-refractivity contribution < 1.29 is 23.7 Å². The summed E-state index contributed by atoms with van der Waals surface area (Å²) in [5.41, 5.74) is 0. The first kappa shape index (κ1) is 13.3. The molecule has 0 N–H and O–H groups in total. The maximum Gasteiger partial charge on any atom is 0.332 e. The Labute approximate surface area is 113 Å². The molecular weight excluding hydrogens is 248 g/mol. The second kappa shape index (κ2) is 5.77. The van der Waals surface area contributed by atoms with Gasteiger partial charge in [-0.2, -0.15) is 0 Å². The molecule has 0 radical (unpaired) electrons. The van der Waals surface area contributed by atoms with Crippen molar-refractivity contribution in [1.82, 2.24) is 0 Å². The lowest BCUT2D eigenvalue weighted by Gasteiger charge is -2.27. The molecule has 2 heterocycles. The van der Waals surface area contributed by atoms with Crippen molar-refractivity contribution in [2.75, 3.05) is 13.2 Å². The van der Waals surface area contributed by atoms with Gasteiger partial charge in [0.1, 0.15) is 12.7 Å². The molecule has 0 aromatic carbocycles. The van der Waals surface area contributed by atoms with E-state index in [4.69, 9.17) is 18.9 Å². The normalized spacial score (nSPS) is 41.4. The molecule has 5 unspecified atom stereocenters. The summed E-state index contributed by atoms with van der Waals surface area (Å²) < 4.78 is 21.9. The van der Waals surface area contributed by atoms with Gasteiger partial charge >= 0.3 is 5.97 Å². The third-order valence-electron chi connectivity index (χ3n) is 4.13. The Morgan fingerprint density at radius 2 is 2.05 bits per heavy atom. The average molecular weight is 270 g/mol. The fourth-order valence-corrected chi connectivity index (χ4v) is 2.99. The lowest BCUT2D eigenvalue weighted by Crippen LogP contribution is -2.33. The lowest BCUT2D eigenvalue weighted by atomic mass is 9.98. The summed E-state index contributed by atoms with van der Waals surface area (Å²) >= 11 is 0. The van der Waals surface area contributed by atoms with E-state index in [2.05, 4.69) is 0 Å². The van der Waals surface area contributed by atoms with Crippen molar-refractivity contribution in [1.29, 1.82) is 0 Å². The van der Waals surface area contributed by atoms with Crippen molar-refractivity contribution in [2.24, 2.45) is 0 Å². The Kier molecular flexibility index (Phi) is 4.05. The zero-order chi connectivity index (χ0) is 13.2. The van der Waals surface area contributed by atoms with Crippen molar-refractivity contribution in [3.63, 3.8) is 0 Å². The van der Waals surface area contributed by atoms with E-state index in [-0.39, 0.29) is 30.9 Å². The number of fused-ring (bicyclic) bond motifs is 1. The van der Waals surface area contributed by atoms with Gasteiger partial charge in [-0.05, 0) is 19.8 Å². The van der Waals surface area contributed by atoms with Gasteiger partial charge in [-0.3, -0.25) is 0 Å². The largest absolute Gasteiger partial charge is 0.460 e. The molecule has 0 amide bonds. The van der Waals surface area contributed by atoms with Crippen molar-refractivity contribution in [3.8, 4) is 0 Å². The number of epoxide rings is 1. The van der Waals surface area contributed by atoms with Crippen LogP contribution in [-0.4, -0.2) is 49.7 Å². The molecule has 19 heavy (non-hydrogen) atoms. The van der Waals surface area contributed by atoms with Crippen LogP contribution < -0.4 is 0 Å². The van der Waals surface area contributed by atoms with E-state index in [0.717, 1.165) is 32.1 Å². The molecule has 3 fully saturated rings. The molecule has 5 nitrogen and oxygen atoms in total. The summed E-state index contributed by atoms with van der Waals surface area (Å²) in [6.07, 6.45) is 5.71. The fraction of sp³-hybridized carbons (Fsp3) is 0.929. The SMILES string of the molecule is CC1CC(OC(=O)COC2CCC3OC3C2)CCO1. The van der Waals surface area contributed by atoms with Crippen LogP contribution in [0.2, 0.25) is 0 Å². The highest BCUT2D eigenvalue weighted by atomic mass is 16.6. The number of hydrogen-bond acceptors (Lipinski definition) is 5. The zero-order valence-corrected chi connectivity index (χ0v) is 11.4. The molecule has 5 atom stereocenters. The molecule has 0 aromatic rings. The minimum Gasteiger partial charge on any atom is -0.460 e. The summed E-state index contributed by atoms with van der Waals surface area (Å²) in [6, 6.07) is 0. The van der Waals surface area contributed by atoms with Crippen molar-refractivity contribution >= 4 is 5.97 Å². The molecule has 2 saturated heterocycles. The van der Waals surface area contributed by atoms with E-state index < -0.39 is 0 Å². The van der Waals surface area contributed by atoms with E-state index in [1.54, 1.807) is 0 Å². The monoisotopic (exact) mass is 270 g/mol. The van der Waals surface area contributed by atoms with Crippen molar-refractivity contribution in [3.05, 3.63) is 0 Å². The van der Waals surface area contributed by atoms with Crippen LogP contribution in [0.15, 0.2) is 0 Å². The highest BCUT2D eigenvalue weighted by Gasteiger charge is 2.44. The number of carbonyl (C=O) groups is 1. The molecule has 3 rings (SSSR count). The minimum atomic E-state index is -0.252. The standard InChI is InChI=1S/C14H22O5/c1-9-6-11(4-5-16-9)18-14(15)8-17-10-2-3-12-13(7-10)19-12/h9-13H,2-8H2,1H3. The van der Waals surface area contributed by atoms with Crippen LogP contribution in [0.3, 0.4) is 0 Å². The van der Waals surface area contributed by atoms with Gasteiger partial charge in [0.2, 0.25) is 0 Å². The van der Waals surface area contributed by atoms with Crippen LogP contribution in [0.4, 0.5) is 0 Å². The maximum atomic E-state index is 11.7. The fourth-order valence-electron chi connectivity index (χ4n) is 2.99. The highest BCUT2D eigenvalue weighted by molar-refractivity contribution is 5.70. The Morgan fingerprint density at radius 1 is 1.16 bits per heavy atom. The predicted molar refractivity (Wildman–Crippen MR) is 66.8 cm³/mol. The first-order valence-corrected chi connectivity index (χ1v) is 7.29. The Morgan fingerprint density at radius 3 is 2.84 bits per heavy atom. The second-order valence-electron chi connectivity index (χ2n) is 5.78. The third-order valence-corrected chi connectivity index (χ3v) is 4.13. The Balaban J connectivity index is 1.34. The van der Waals surface area contributed by atoms with Gasteiger partial charge < -0.3 is 18.9 Å². The van der Waals surface area contributed by atoms with Crippen LogP contribution in [0.5, 0.6) is 0 Å². The van der Waals surface area contributed by atoms with Crippen molar-refractivity contribution in [2.45, 2.75) is 69.5 Å². The number of hydrogen-bond donors (Lipinski definition) is 0. The molecule has 0 bridgehead atoms. The van der Waals surface area contributed by atoms with E-state index in [1.165, 1.54) is 0 Å². The first-order chi connectivity index (χ1) is 9.20. The molecule has 108 valence electrons. The Bertz CT molecular complexity index is 332. The lowest BCUT2D eigenvalue weighted by molar-refractivity contribution is -0.163. The summed E-state index contributed by atoms with van der Waals surface area (Å²) in [4.78, 5) is 11.7. The van der Waals surface area contributed by atoms with E-state index >= 15 is 0 Å². The van der Waals surface area contributed by atoms with Crippen LogP contribution in [0, 0.1) is 0 Å². The summed E-state index contributed by atoms with van der Waals surface area (Å²) in [5.74, 6) is -0.252. The van der Waals surface area contributed by atoms with Crippen LogP contribution in [0.1, 0.15) is 39.0 Å². The Hall–Kier alpha value is -0.650. The predicted octanol–water partition coefficient (Wildman–Crippen LogP) is 1.43. The van der Waals surface area contributed by atoms with Gasteiger partial charge in [-0.1, -0.05) is 0 Å². The van der Waals surface area contributed by atoms with E-state index in [1.807, 2.05) is 6.92 Å². The van der Waals surface area contributed by atoms with Gasteiger partial charge in [-0.25, -0.2) is 4.79 Å². The molecule has 0 spiro atoms. The summed E-state index contributed by atoms with van der Waals surface area (Å²) in [7, 11) is 0. The number of ether oxygens (including phenoxy) is 4. The van der Waals surface area contributed by atoms with Gasteiger partial charge in [0.25, 0.3) is 0 Å². The minimum absolute atomic E-state index is 0.0117. The van der Waals surface area contributed by atoms with E-state index in [9.17, 15) is 4.79 Å². The van der Waals surface area contributed by atoms with Gasteiger partial charge in [0, 0.05) is 19.3 Å². The quantitative estimate of drug-likeness (QED) is 0.571. The number of carbonyl (C=O) groups excluding carboxylic acids is 1. The van der Waals surface area contributed by atoms with E-state index in [0.29, 0.717) is 18.8 Å². The number of esters is 1. The molecular formula is C14H22O5. The number of rotatable bonds is 4. The van der Waals surface area contributed by atoms with Crippen LogP contribution >= 0.6 is 0 Å². The first-order valence-electron chi connectivity index (χ1n) is 7.29. The maximum absolute atomic E-state index is 11.7. The zero-order valence-electron chi connectivity index (χ0n) is 11.4. The molecule has 3 aliphatic rings. The van der Waals surface area contributed by atoms with Crippen LogP contribution in [-0.2, 0) is 23.7 Å².